The van der Waals surface area contributed by atoms with Gasteiger partial charge < -0.3 is 14.6 Å². The quantitative estimate of drug-likeness (QED) is 0.145. The number of hydrogen-bond acceptors (Lipinski definition) is 4. The summed E-state index contributed by atoms with van der Waals surface area (Å²) in [6.07, 6.45) is 21.7. The fourth-order valence-corrected chi connectivity index (χ4v) is 3.50. The number of aliphatic hydroxyl groups is 1. The van der Waals surface area contributed by atoms with Crippen LogP contribution in [-0.4, -0.2) is 37.0 Å². The van der Waals surface area contributed by atoms with E-state index in [1.807, 2.05) is 0 Å². The Morgan fingerprint density at radius 3 is 1.62 bits per heavy atom. The van der Waals surface area contributed by atoms with E-state index in [2.05, 4.69) is 13.8 Å². The van der Waals surface area contributed by atoms with Crippen LogP contribution in [0.4, 0.5) is 0 Å². The highest BCUT2D eigenvalue weighted by Crippen LogP contribution is 2.13. The summed E-state index contributed by atoms with van der Waals surface area (Å²) in [5.41, 5.74) is 0. The van der Waals surface area contributed by atoms with Crippen LogP contribution in [0.15, 0.2) is 0 Å². The third-order valence-electron chi connectivity index (χ3n) is 5.43. The molecule has 0 rings (SSSR count). The van der Waals surface area contributed by atoms with Gasteiger partial charge in [-0.1, -0.05) is 110 Å². The molecular formula is C25H50O4. The molecule has 0 spiro atoms. The fraction of sp³-hybridized carbons (Fsp3) is 0.960. The summed E-state index contributed by atoms with van der Waals surface area (Å²) in [7, 11) is 0. The molecule has 1 unspecified atom stereocenters. The van der Waals surface area contributed by atoms with Crippen molar-refractivity contribution < 1.29 is 19.4 Å². The number of carbonyl (C=O) groups is 1. The minimum atomic E-state index is -0.518. The molecule has 0 amide bonds. The van der Waals surface area contributed by atoms with Crippen LogP contribution in [0.1, 0.15) is 129 Å². The number of carbonyl (C=O) groups excluding carboxylic acids is 1. The topological polar surface area (TPSA) is 55.8 Å². The Bertz CT molecular complexity index is 333. The first-order chi connectivity index (χ1) is 14.2. The first-order valence-corrected chi connectivity index (χ1v) is 12.6. The maximum absolute atomic E-state index is 11.7. The van der Waals surface area contributed by atoms with Crippen LogP contribution >= 0.6 is 0 Å². The summed E-state index contributed by atoms with van der Waals surface area (Å²) in [5, 5.41) is 9.31. The van der Waals surface area contributed by atoms with Crippen molar-refractivity contribution in [1.29, 1.82) is 0 Å². The lowest BCUT2D eigenvalue weighted by Crippen LogP contribution is -2.27. The van der Waals surface area contributed by atoms with Crippen molar-refractivity contribution in [2.75, 3.05) is 19.8 Å². The van der Waals surface area contributed by atoms with Crippen molar-refractivity contribution >= 4 is 5.97 Å². The summed E-state index contributed by atoms with van der Waals surface area (Å²) in [4.78, 5) is 11.7. The van der Waals surface area contributed by atoms with Gasteiger partial charge in [-0.15, -0.1) is 0 Å². The van der Waals surface area contributed by atoms with Crippen molar-refractivity contribution in [3.8, 4) is 0 Å². The summed E-state index contributed by atoms with van der Waals surface area (Å²) in [6.45, 7) is 5.19. The lowest BCUT2D eigenvalue weighted by Gasteiger charge is -2.15. The molecule has 0 heterocycles. The molecule has 0 aromatic heterocycles. The zero-order valence-corrected chi connectivity index (χ0v) is 19.6. The Kier molecular flexibility index (Phi) is 23.2. The van der Waals surface area contributed by atoms with Gasteiger partial charge in [-0.2, -0.15) is 0 Å². The predicted molar refractivity (Wildman–Crippen MR) is 122 cm³/mol. The van der Waals surface area contributed by atoms with Crippen molar-refractivity contribution in [2.24, 2.45) is 0 Å². The molecule has 0 aliphatic rings. The van der Waals surface area contributed by atoms with Crippen LogP contribution < -0.4 is 0 Å². The molecule has 0 aliphatic carbocycles. The number of unbranched alkanes of at least 4 members (excludes halogenated alkanes) is 15. The lowest BCUT2D eigenvalue weighted by atomic mass is 10.0. The van der Waals surface area contributed by atoms with Gasteiger partial charge in [-0.05, 0) is 12.8 Å². The molecule has 1 atom stereocenters. The average molecular weight is 415 g/mol. The molecule has 4 heteroatoms. The molecule has 0 saturated carbocycles. The van der Waals surface area contributed by atoms with Gasteiger partial charge in [0.25, 0.3) is 0 Å². The number of ether oxygens (including phenoxy) is 2. The van der Waals surface area contributed by atoms with Crippen molar-refractivity contribution in [2.45, 2.75) is 136 Å². The lowest BCUT2D eigenvalue weighted by molar-refractivity contribution is -0.154. The summed E-state index contributed by atoms with van der Waals surface area (Å²) >= 11 is 0. The molecular weight excluding hydrogens is 364 g/mol. The fourth-order valence-electron chi connectivity index (χ4n) is 3.50. The minimum absolute atomic E-state index is 0.168. The van der Waals surface area contributed by atoms with Gasteiger partial charge in [-0.3, -0.25) is 4.79 Å². The molecule has 0 aromatic rings. The second-order valence-corrected chi connectivity index (χ2v) is 8.42. The molecule has 1 N–H and O–H groups in total. The zero-order valence-electron chi connectivity index (χ0n) is 19.6. The molecule has 0 saturated heterocycles. The van der Waals surface area contributed by atoms with Gasteiger partial charge in [0.15, 0.2) is 0 Å². The first kappa shape index (κ1) is 28.4. The molecule has 0 aromatic carbocycles. The van der Waals surface area contributed by atoms with Gasteiger partial charge >= 0.3 is 5.97 Å². The molecule has 0 bridgehead atoms. The van der Waals surface area contributed by atoms with E-state index in [-0.39, 0.29) is 12.6 Å². The van der Waals surface area contributed by atoms with Gasteiger partial charge in [0, 0.05) is 13.0 Å². The first-order valence-electron chi connectivity index (χ1n) is 12.6. The van der Waals surface area contributed by atoms with Crippen LogP contribution in [0, 0.1) is 0 Å². The van der Waals surface area contributed by atoms with Crippen LogP contribution in [0.3, 0.4) is 0 Å². The summed E-state index contributed by atoms with van der Waals surface area (Å²) in [5.74, 6) is -0.224. The molecule has 29 heavy (non-hydrogen) atoms. The second-order valence-electron chi connectivity index (χ2n) is 8.42. The van der Waals surface area contributed by atoms with Crippen LogP contribution in [0.25, 0.3) is 0 Å². The van der Waals surface area contributed by atoms with E-state index < -0.39 is 6.10 Å². The maximum Gasteiger partial charge on any atom is 0.306 e. The van der Waals surface area contributed by atoms with Gasteiger partial charge in [0.2, 0.25) is 0 Å². The van der Waals surface area contributed by atoms with E-state index in [4.69, 9.17) is 9.47 Å². The summed E-state index contributed by atoms with van der Waals surface area (Å²) < 4.78 is 10.8. The average Bonchev–Trinajstić information content (AvgIpc) is 2.72. The van der Waals surface area contributed by atoms with Crippen molar-refractivity contribution in [3.63, 3.8) is 0 Å². The van der Waals surface area contributed by atoms with E-state index in [1.165, 1.54) is 83.5 Å². The maximum atomic E-state index is 11.7. The number of hydrogen-bond donors (Lipinski definition) is 1. The largest absolute Gasteiger partial charge is 0.457 e. The molecule has 4 nitrogen and oxygen atoms in total. The van der Waals surface area contributed by atoms with E-state index in [0.29, 0.717) is 19.6 Å². The standard InChI is InChI=1S/C25H50O4/c1-3-5-7-8-9-10-11-12-13-14-15-16-17-19-21-28-23-24(22-26)29-25(27)20-18-6-4-2/h24,26H,3-23H2,1-2H3. The third-order valence-corrected chi connectivity index (χ3v) is 5.43. The highest BCUT2D eigenvalue weighted by atomic mass is 16.6. The van der Waals surface area contributed by atoms with Gasteiger partial charge in [-0.25, -0.2) is 0 Å². The highest BCUT2D eigenvalue weighted by molar-refractivity contribution is 5.69. The Morgan fingerprint density at radius 1 is 0.690 bits per heavy atom. The van der Waals surface area contributed by atoms with Crippen LogP contribution in [0.5, 0.6) is 0 Å². The van der Waals surface area contributed by atoms with Gasteiger partial charge in [0.05, 0.1) is 13.2 Å². The Hall–Kier alpha value is -0.610. The van der Waals surface area contributed by atoms with Crippen molar-refractivity contribution in [1.82, 2.24) is 0 Å². The highest BCUT2D eigenvalue weighted by Gasteiger charge is 2.13. The normalized spacial score (nSPS) is 12.2. The molecule has 0 radical (unpaired) electrons. The van der Waals surface area contributed by atoms with Crippen LogP contribution in [0.2, 0.25) is 0 Å². The minimum Gasteiger partial charge on any atom is -0.457 e. The third kappa shape index (κ3) is 21.9. The zero-order chi connectivity index (χ0) is 21.4. The second kappa shape index (κ2) is 23.7. The molecule has 174 valence electrons. The van der Waals surface area contributed by atoms with E-state index in [9.17, 15) is 9.90 Å². The number of rotatable bonds is 23. The van der Waals surface area contributed by atoms with E-state index in [1.54, 1.807) is 0 Å². The van der Waals surface area contributed by atoms with Crippen LogP contribution in [-0.2, 0) is 14.3 Å². The van der Waals surface area contributed by atoms with E-state index >= 15 is 0 Å². The molecule has 0 fully saturated rings. The Labute approximate surface area is 181 Å². The van der Waals surface area contributed by atoms with Gasteiger partial charge in [0.1, 0.15) is 6.10 Å². The monoisotopic (exact) mass is 414 g/mol. The smallest absolute Gasteiger partial charge is 0.306 e. The van der Waals surface area contributed by atoms with E-state index in [0.717, 1.165) is 25.7 Å². The number of aliphatic hydroxyl groups excluding tert-OH is 1. The predicted octanol–water partition coefficient (Wildman–Crippen LogP) is 6.97. The van der Waals surface area contributed by atoms with Crippen molar-refractivity contribution in [3.05, 3.63) is 0 Å². The SMILES string of the molecule is CCCCCCCCCCCCCCCCOCC(CO)OC(=O)CCCCC. The summed E-state index contributed by atoms with van der Waals surface area (Å²) in [6, 6.07) is 0. The Morgan fingerprint density at radius 2 is 1.14 bits per heavy atom. The number of esters is 1. The Balaban J connectivity index is 3.31. The molecule has 0 aliphatic heterocycles.